The van der Waals surface area contributed by atoms with E-state index in [1.807, 2.05) is 22.8 Å². The number of likely N-dealkylation sites (tertiary alicyclic amines) is 1. The highest BCUT2D eigenvalue weighted by Crippen LogP contribution is 2.29. The van der Waals surface area contributed by atoms with E-state index in [2.05, 4.69) is 17.4 Å². The van der Waals surface area contributed by atoms with Gasteiger partial charge < -0.3 is 14.8 Å². The fourth-order valence-electron chi connectivity index (χ4n) is 4.97. The first-order chi connectivity index (χ1) is 15.1. The number of pyridine rings is 1. The van der Waals surface area contributed by atoms with Crippen molar-refractivity contribution >= 4 is 11.8 Å². The van der Waals surface area contributed by atoms with E-state index in [0.717, 1.165) is 38.5 Å². The van der Waals surface area contributed by atoms with Gasteiger partial charge in [-0.25, -0.2) is 0 Å². The van der Waals surface area contributed by atoms with Gasteiger partial charge >= 0.3 is 0 Å². The van der Waals surface area contributed by atoms with Crippen LogP contribution in [0, 0.1) is 0 Å². The highest BCUT2D eigenvalue weighted by Gasteiger charge is 2.29. The van der Waals surface area contributed by atoms with E-state index < -0.39 is 11.3 Å². The van der Waals surface area contributed by atoms with Crippen LogP contribution >= 0.6 is 0 Å². The Labute approximate surface area is 183 Å². The molecular formula is C25H31N3O3. The van der Waals surface area contributed by atoms with E-state index in [9.17, 15) is 14.4 Å². The van der Waals surface area contributed by atoms with Gasteiger partial charge in [0.1, 0.15) is 11.1 Å². The molecule has 1 aliphatic heterocycles. The molecule has 2 heterocycles. The van der Waals surface area contributed by atoms with E-state index in [1.54, 1.807) is 17.3 Å². The maximum atomic E-state index is 13.5. The number of benzene rings is 1. The number of hydrogen-bond donors (Lipinski definition) is 1. The molecule has 1 saturated carbocycles. The summed E-state index contributed by atoms with van der Waals surface area (Å²) in [7, 11) is 1.51. The Morgan fingerprint density at radius 1 is 0.935 bits per heavy atom. The molecular weight excluding hydrogens is 390 g/mol. The average Bonchev–Trinajstić information content (AvgIpc) is 2.84. The van der Waals surface area contributed by atoms with Crippen molar-refractivity contribution in [2.75, 3.05) is 20.1 Å². The molecule has 1 saturated heterocycles. The lowest BCUT2D eigenvalue weighted by molar-refractivity contribution is 0.0704. The maximum absolute atomic E-state index is 13.5. The third-order valence-electron chi connectivity index (χ3n) is 6.72. The first-order valence-electron chi connectivity index (χ1n) is 11.4. The summed E-state index contributed by atoms with van der Waals surface area (Å²) in [4.78, 5) is 40.8. The highest BCUT2D eigenvalue weighted by molar-refractivity contribution is 5.99. The standard InChI is InChI=1S/C25H31N3O3/c1-26-24(30)21-16-28(20-12-6-3-7-13-20)17-22(23(21)29)25(31)27-14-8-11-19(15-27)18-9-4-2-5-10-18/h2,4-5,9-10,16-17,19-20H,3,6-8,11-15H2,1H3,(H,26,30). The van der Waals surface area contributed by atoms with Gasteiger partial charge in [-0.3, -0.25) is 14.4 Å². The summed E-state index contributed by atoms with van der Waals surface area (Å²) in [5.74, 6) is -0.437. The molecule has 2 aromatic rings. The van der Waals surface area contributed by atoms with Crippen molar-refractivity contribution in [1.82, 2.24) is 14.8 Å². The van der Waals surface area contributed by atoms with E-state index >= 15 is 0 Å². The number of rotatable bonds is 4. The Hall–Kier alpha value is -2.89. The van der Waals surface area contributed by atoms with Crippen molar-refractivity contribution in [3.63, 3.8) is 0 Å². The van der Waals surface area contributed by atoms with Crippen LogP contribution in [0.4, 0.5) is 0 Å². The molecule has 1 aliphatic carbocycles. The summed E-state index contributed by atoms with van der Waals surface area (Å²) in [6.07, 6.45) is 10.7. The lowest BCUT2D eigenvalue weighted by atomic mass is 9.90. The number of carbonyl (C=O) groups is 2. The molecule has 1 aromatic carbocycles. The monoisotopic (exact) mass is 421 g/mol. The average molecular weight is 422 g/mol. The van der Waals surface area contributed by atoms with Crippen LogP contribution < -0.4 is 10.7 Å². The van der Waals surface area contributed by atoms with E-state index in [1.165, 1.54) is 19.0 Å². The second-order valence-corrected chi connectivity index (χ2v) is 8.73. The van der Waals surface area contributed by atoms with Crippen LogP contribution in [0.5, 0.6) is 0 Å². The first-order valence-corrected chi connectivity index (χ1v) is 11.4. The second kappa shape index (κ2) is 9.50. The van der Waals surface area contributed by atoms with Crippen LogP contribution in [0.2, 0.25) is 0 Å². The van der Waals surface area contributed by atoms with Crippen LogP contribution in [0.3, 0.4) is 0 Å². The van der Waals surface area contributed by atoms with E-state index in [0.29, 0.717) is 13.1 Å². The van der Waals surface area contributed by atoms with Crippen molar-refractivity contribution in [3.05, 3.63) is 69.6 Å². The molecule has 1 N–H and O–H groups in total. The van der Waals surface area contributed by atoms with E-state index in [-0.39, 0.29) is 29.0 Å². The van der Waals surface area contributed by atoms with Crippen molar-refractivity contribution in [2.45, 2.75) is 56.9 Å². The zero-order valence-corrected chi connectivity index (χ0v) is 18.2. The van der Waals surface area contributed by atoms with Gasteiger partial charge in [0.05, 0.1) is 0 Å². The quantitative estimate of drug-likeness (QED) is 0.818. The molecule has 1 atom stereocenters. The summed E-state index contributed by atoms with van der Waals surface area (Å²) < 4.78 is 1.94. The molecule has 1 aromatic heterocycles. The number of nitrogens with one attached hydrogen (secondary N) is 1. The van der Waals surface area contributed by atoms with Gasteiger partial charge in [0.25, 0.3) is 11.8 Å². The zero-order chi connectivity index (χ0) is 21.8. The smallest absolute Gasteiger partial charge is 0.259 e. The van der Waals surface area contributed by atoms with Gasteiger partial charge in [0, 0.05) is 44.5 Å². The number of piperidine rings is 1. The summed E-state index contributed by atoms with van der Waals surface area (Å²) in [5.41, 5.74) is 0.910. The van der Waals surface area contributed by atoms with Crippen LogP contribution in [0.1, 0.15) is 83.2 Å². The Morgan fingerprint density at radius 3 is 2.35 bits per heavy atom. The second-order valence-electron chi connectivity index (χ2n) is 8.73. The minimum Gasteiger partial charge on any atom is -0.355 e. The van der Waals surface area contributed by atoms with Gasteiger partial charge in [-0.15, -0.1) is 0 Å². The summed E-state index contributed by atoms with van der Waals surface area (Å²) in [5, 5.41) is 2.55. The molecule has 0 bridgehead atoms. The first kappa shape index (κ1) is 21.3. The van der Waals surface area contributed by atoms with Gasteiger partial charge in [-0.2, -0.15) is 0 Å². The zero-order valence-electron chi connectivity index (χ0n) is 18.2. The SMILES string of the molecule is CNC(=O)c1cn(C2CCCCC2)cc(C(=O)N2CCCC(c3ccccc3)C2)c1=O. The summed E-state index contributed by atoms with van der Waals surface area (Å²) >= 11 is 0. The van der Waals surface area contributed by atoms with Crippen LogP contribution in [-0.2, 0) is 0 Å². The van der Waals surface area contributed by atoms with E-state index in [4.69, 9.17) is 0 Å². The normalized spacial score (nSPS) is 19.8. The Morgan fingerprint density at radius 2 is 1.65 bits per heavy atom. The number of amides is 2. The molecule has 1 unspecified atom stereocenters. The Kier molecular flexibility index (Phi) is 6.54. The molecule has 0 spiro atoms. The molecule has 31 heavy (non-hydrogen) atoms. The van der Waals surface area contributed by atoms with Crippen LogP contribution in [0.25, 0.3) is 0 Å². The topological polar surface area (TPSA) is 71.4 Å². The predicted octanol–water partition coefficient (Wildman–Crippen LogP) is 3.73. The molecule has 2 amide bonds. The lowest BCUT2D eigenvalue weighted by Crippen LogP contribution is -2.42. The van der Waals surface area contributed by atoms with Gasteiger partial charge in [-0.05, 0) is 31.2 Å². The van der Waals surface area contributed by atoms with Gasteiger partial charge in [-0.1, -0.05) is 49.6 Å². The summed E-state index contributed by atoms with van der Waals surface area (Å²) in [6, 6.07) is 10.5. The minimum atomic E-state index is -0.474. The number of nitrogens with zero attached hydrogens (tertiary/aromatic N) is 2. The molecule has 6 heteroatoms. The largest absolute Gasteiger partial charge is 0.355 e. The third kappa shape index (κ3) is 4.58. The Bertz CT molecular complexity index is 993. The fourth-order valence-corrected chi connectivity index (χ4v) is 4.97. The van der Waals surface area contributed by atoms with Gasteiger partial charge in [0.15, 0.2) is 0 Å². The van der Waals surface area contributed by atoms with Crippen molar-refractivity contribution in [3.8, 4) is 0 Å². The predicted molar refractivity (Wildman–Crippen MR) is 121 cm³/mol. The van der Waals surface area contributed by atoms with Crippen molar-refractivity contribution in [1.29, 1.82) is 0 Å². The third-order valence-corrected chi connectivity index (χ3v) is 6.72. The molecule has 2 aliphatic rings. The summed E-state index contributed by atoms with van der Waals surface area (Å²) in [6.45, 7) is 1.23. The minimum absolute atomic E-state index is 0.0514. The highest BCUT2D eigenvalue weighted by atomic mass is 16.2. The number of hydrogen-bond acceptors (Lipinski definition) is 3. The number of aromatic nitrogens is 1. The van der Waals surface area contributed by atoms with Crippen LogP contribution in [-0.4, -0.2) is 41.4 Å². The van der Waals surface area contributed by atoms with Crippen LogP contribution in [0.15, 0.2) is 47.5 Å². The number of carbonyl (C=O) groups excluding carboxylic acids is 2. The van der Waals surface area contributed by atoms with Crippen molar-refractivity contribution < 1.29 is 9.59 Å². The lowest BCUT2D eigenvalue weighted by Gasteiger charge is -2.33. The maximum Gasteiger partial charge on any atom is 0.259 e. The molecule has 2 fully saturated rings. The fraction of sp³-hybridized carbons (Fsp3) is 0.480. The molecule has 4 rings (SSSR count). The molecule has 6 nitrogen and oxygen atoms in total. The van der Waals surface area contributed by atoms with Gasteiger partial charge in [0.2, 0.25) is 5.43 Å². The van der Waals surface area contributed by atoms with Crippen molar-refractivity contribution in [2.24, 2.45) is 0 Å². The molecule has 0 radical (unpaired) electrons. The molecule has 164 valence electrons. The Balaban J connectivity index is 1.66.